The summed E-state index contributed by atoms with van der Waals surface area (Å²) >= 11 is 6.29. The Bertz CT molecular complexity index is 570. The van der Waals surface area contributed by atoms with E-state index in [-0.39, 0.29) is 5.91 Å². The number of nitrogens with one attached hydrogen (secondary N) is 1. The average molecular weight is 319 g/mol. The molecule has 4 rings (SSSR count). The van der Waals surface area contributed by atoms with E-state index in [4.69, 9.17) is 11.6 Å². The number of hydrogen-bond acceptors (Lipinski definition) is 2. The summed E-state index contributed by atoms with van der Waals surface area (Å²) in [6.07, 6.45) is 6.22. The molecule has 3 nitrogen and oxygen atoms in total. The van der Waals surface area contributed by atoms with Crippen LogP contribution in [-0.2, 0) is 0 Å². The zero-order valence-electron chi connectivity index (χ0n) is 12.8. The summed E-state index contributed by atoms with van der Waals surface area (Å²) in [5.41, 5.74) is 0.666. The van der Waals surface area contributed by atoms with Crippen LogP contribution in [0.25, 0.3) is 0 Å². The maximum Gasteiger partial charge on any atom is 0.255 e. The predicted molar refractivity (Wildman–Crippen MR) is 88.1 cm³/mol. The molecule has 118 valence electrons. The van der Waals surface area contributed by atoms with E-state index in [1.807, 2.05) is 24.3 Å². The molecule has 0 spiro atoms. The Morgan fingerprint density at radius 3 is 2.68 bits per heavy atom. The molecule has 2 aliphatic carbocycles. The van der Waals surface area contributed by atoms with Crippen molar-refractivity contribution in [1.82, 2.24) is 10.2 Å². The third kappa shape index (κ3) is 2.44. The minimum atomic E-state index is 0.136. The Kier molecular flexibility index (Phi) is 3.87. The monoisotopic (exact) mass is 318 g/mol. The maximum absolute atomic E-state index is 13.2. The molecule has 0 radical (unpaired) electrons. The second-order valence-electron chi connectivity index (χ2n) is 7.08. The number of nitrogens with zero attached hydrogens (tertiary/aromatic N) is 1. The summed E-state index contributed by atoms with van der Waals surface area (Å²) in [6.45, 7) is 1.93. The van der Waals surface area contributed by atoms with E-state index in [0.29, 0.717) is 28.6 Å². The molecule has 3 unspecified atom stereocenters. The molecular weight excluding hydrogens is 296 g/mol. The van der Waals surface area contributed by atoms with Crippen LogP contribution in [0.15, 0.2) is 24.3 Å². The van der Waals surface area contributed by atoms with Crippen LogP contribution in [0.2, 0.25) is 5.02 Å². The number of carbonyl (C=O) groups is 1. The number of carbonyl (C=O) groups excluding carboxylic acids is 1. The highest BCUT2D eigenvalue weighted by Gasteiger charge is 2.46. The van der Waals surface area contributed by atoms with Crippen molar-refractivity contribution >= 4 is 17.5 Å². The van der Waals surface area contributed by atoms with Gasteiger partial charge in [-0.1, -0.05) is 30.2 Å². The van der Waals surface area contributed by atoms with Crippen LogP contribution in [0.1, 0.15) is 42.5 Å². The highest BCUT2D eigenvalue weighted by molar-refractivity contribution is 6.33. The molecule has 1 heterocycles. The third-order valence-electron chi connectivity index (χ3n) is 5.82. The highest BCUT2D eigenvalue weighted by Crippen LogP contribution is 2.47. The molecular formula is C18H23ClN2O. The predicted octanol–water partition coefficient (Wildman–Crippen LogP) is 3.33. The van der Waals surface area contributed by atoms with Gasteiger partial charge in [0.25, 0.3) is 5.91 Å². The van der Waals surface area contributed by atoms with Crippen LogP contribution >= 0.6 is 11.6 Å². The van der Waals surface area contributed by atoms with Gasteiger partial charge in [-0.2, -0.15) is 0 Å². The SMILES string of the molecule is O=C(c1ccccc1Cl)N(C1CC2CCC1C2)[C@H]1CCNC1. The summed E-state index contributed by atoms with van der Waals surface area (Å²) in [5.74, 6) is 1.68. The molecule has 3 aliphatic rings. The second kappa shape index (κ2) is 5.86. The van der Waals surface area contributed by atoms with Crippen molar-refractivity contribution < 1.29 is 4.79 Å². The number of halogens is 1. The fourth-order valence-corrected chi connectivity index (χ4v) is 5.01. The van der Waals surface area contributed by atoms with Crippen LogP contribution in [0.3, 0.4) is 0 Å². The molecule has 1 aliphatic heterocycles. The molecule has 4 heteroatoms. The molecule has 1 saturated heterocycles. The number of fused-ring (bicyclic) bond motifs is 2. The molecule has 1 aromatic carbocycles. The highest BCUT2D eigenvalue weighted by atomic mass is 35.5. The summed E-state index contributed by atoms with van der Waals surface area (Å²) in [6, 6.07) is 8.23. The minimum Gasteiger partial charge on any atom is -0.331 e. The van der Waals surface area contributed by atoms with E-state index in [0.717, 1.165) is 25.4 Å². The Hall–Kier alpha value is -1.06. The first-order valence-corrected chi connectivity index (χ1v) is 8.89. The lowest BCUT2D eigenvalue weighted by Gasteiger charge is -2.39. The normalized spacial score (nSPS) is 33.3. The molecule has 1 amide bonds. The van der Waals surface area contributed by atoms with Crippen molar-refractivity contribution in [2.75, 3.05) is 13.1 Å². The molecule has 2 saturated carbocycles. The fraction of sp³-hybridized carbons (Fsp3) is 0.611. The fourth-order valence-electron chi connectivity index (χ4n) is 4.79. The molecule has 1 aromatic rings. The Balaban J connectivity index is 1.65. The van der Waals surface area contributed by atoms with E-state index >= 15 is 0 Å². The van der Waals surface area contributed by atoms with E-state index in [9.17, 15) is 4.79 Å². The lowest BCUT2D eigenvalue weighted by atomic mass is 9.92. The minimum absolute atomic E-state index is 0.136. The van der Waals surface area contributed by atoms with Crippen LogP contribution in [-0.4, -0.2) is 36.0 Å². The van der Waals surface area contributed by atoms with Gasteiger partial charge in [0, 0.05) is 18.6 Å². The van der Waals surface area contributed by atoms with Gasteiger partial charge in [0.05, 0.1) is 10.6 Å². The number of benzene rings is 1. The summed E-state index contributed by atoms with van der Waals surface area (Å²) < 4.78 is 0. The molecule has 22 heavy (non-hydrogen) atoms. The zero-order valence-corrected chi connectivity index (χ0v) is 13.6. The van der Waals surface area contributed by atoms with Crippen LogP contribution in [0.4, 0.5) is 0 Å². The van der Waals surface area contributed by atoms with Gasteiger partial charge in [0.2, 0.25) is 0 Å². The molecule has 4 atom stereocenters. The summed E-state index contributed by atoms with van der Waals surface area (Å²) in [7, 11) is 0. The van der Waals surface area contributed by atoms with Gasteiger partial charge < -0.3 is 10.2 Å². The quantitative estimate of drug-likeness (QED) is 0.927. The van der Waals surface area contributed by atoms with Gasteiger partial charge in [0.1, 0.15) is 0 Å². The van der Waals surface area contributed by atoms with Gasteiger partial charge in [-0.3, -0.25) is 4.79 Å². The lowest BCUT2D eigenvalue weighted by molar-refractivity contribution is 0.0505. The number of rotatable bonds is 3. The average Bonchev–Trinajstić information content (AvgIpc) is 3.26. The first-order valence-electron chi connectivity index (χ1n) is 8.52. The third-order valence-corrected chi connectivity index (χ3v) is 6.15. The van der Waals surface area contributed by atoms with Gasteiger partial charge in [-0.15, -0.1) is 0 Å². The van der Waals surface area contributed by atoms with Crippen LogP contribution < -0.4 is 5.32 Å². The van der Waals surface area contributed by atoms with E-state index < -0.39 is 0 Å². The topological polar surface area (TPSA) is 32.3 Å². The Labute approximate surface area is 137 Å². The van der Waals surface area contributed by atoms with E-state index in [1.165, 1.54) is 25.7 Å². The van der Waals surface area contributed by atoms with Gasteiger partial charge >= 0.3 is 0 Å². The standard InChI is InChI=1S/C18H23ClN2O/c19-16-4-2-1-3-15(16)18(22)21(14-7-8-20-11-14)17-10-12-5-6-13(17)9-12/h1-4,12-14,17,20H,5-11H2/t12?,13?,14-,17?/m0/s1. The first kappa shape index (κ1) is 14.5. The van der Waals surface area contributed by atoms with Crippen molar-refractivity contribution in [3.8, 4) is 0 Å². The van der Waals surface area contributed by atoms with Crippen molar-refractivity contribution in [2.24, 2.45) is 11.8 Å². The summed E-state index contributed by atoms with van der Waals surface area (Å²) in [4.78, 5) is 15.4. The van der Waals surface area contributed by atoms with Gasteiger partial charge in [-0.05, 0) is 56.2 Å². The van der Waals surface area contributed by atoms with Crippen LogP contribution in [0.5, 0.6) is 0 Å². The van der Waals surface area contributed by atoms with E-state index in [2.05, 4.69) is 10.2 Å². The van der Waals surface area contributed by atoms with Crippen molar-refractivity contribution in [3.63, 3.8) is 0 Å². The Morgan fingerprint density at radius 2 is 2.05 bits per heavy atom. The number of amides is 1. The molecule has 3 fully saturated rings. The van der Waals surface area contributed by atoms with Gasteiger partial charge in [-0.25, -0.2) is 0 Å². The molecule has 2 bridgehead atoms. The smallest absolute Gasteiger partial charge is 0.255 e. The lowest BCUT2D eigenvalue weighted by Crippen LogP contribution is -2.50. The second-order valence-corrected chi connectivity index (χ2v) is 7.49. The zero-order chi connectivity index (χ0) is 15.1. The first-order chi connectivity index (χ1) is 10.7. The molecule has 1 N–H and O–H groups in total. The largest absolute Gasteiger partial charge is 0.331 e. The van der Waals surface area contributed by atoms with Crippen molar-refractivity contribution in [3.05, 3.63) is 34.9 Å². The Morgan fingerprint density at radius 1 is 1.18 bits per heavy atom. The van der Waals surface area contributed by atoms with E-state index in [1.54, 1.807) is 0 Å². The van der Waals surface area contributed by atoms with Crippen LogP contribution in [0, 0.1) is 11.8 Å². The van der Waals surface area contributed by atoms with Crippen molar-refractivity contribution in [1.29, 1.82) is 0 Å². The maximum atomic E-state index is 13.2. The molecule has 0 aromatic heterocycles. The summed E-state index contributed by atoms with van der Waals surface area (Å²) in [5, 5.41) is 3.99. The number of hydrogen-bond donors (Lipinski definition) is 1. The van der Waals surface area contributed by atoms with Gasteiger partial charge in [0.15, 0.2) is 0 Å². The van der Waals surface area contributed by atoms with Crippen molar-refractivity contribution in [2.45, 2.75) is 44.2 Å².